The van der Waals surface area contributed by atoms with E-state index in [-0.39, 0.29) is 23.7 Å². The second-order valence-electron chi connectivity index (χ2n) is 6.17. The Bertz CT molecular complexity index is 733. The molecule has 3 N–H and O–H groups in total. The highest BCUT2D eigenvalue weighted by Gasteiger charge is 2.35. The molecule has 1 aliphatic heterocycles. The van der Waals surface area contributed by atoms with Gasteiger partial charge in [0.05, 0.1) is 5.56 Å². The Balaban J connectivity index is 0.00000225. The van der Waals surface area contributed by atoms with Crippen molar-refractivity contribution >= 4 is 39.9 Å². The van der Waals surface area contributed by atoms with Crippen LogP contribution in [-0.4, -0.2) is 25.7 Å². The van der Waals surface area contributed by atoms with Crippen molar-refractivity contribution in [2.75, 3.05) is 25.5 Å². The number of rotatable bonds is 4. The maximum Gasteiger partial charge on any atom is 0.253 e. The SMILES string of the molecule is Cl.Nc1ccccc1C(=O)NCC1(c2cccc(Br)c2)CCOCC1. The van der Waals surface area contributed by atoms with Crippen molar-refractivity contribution in [3.63, 3.8) is 0 Å². The second kappa shape index (κ2) is 8.70. The normalized spacial score (nSPS) is 15.9. The van der Waals surface area contributed by atoms with E-state index in [0.717, 1.165) is 17.3 Å². The van der Waals surface area contributed by atoms with Crippen molar-refractivity contribution in [3.8, 4) is 0 Å². The molecule has 25 heavy (non-hydrogen) atoms. The number of nitrogen functional groups attached to an aromatic ring is 1. The van der Waals surface area contributed by atoms with Gasteiger partial charge in [0.25, 0.3) is 5.91 Å². The van der Waals surface area contributed by atoms with Crippen LogP contribution in [0.1, 0.15) is 28.8 Å². The van der Waals surface area contributed by atoms with Crippen molar-refractivity contribution in [1.29, 1.82) is 0 Å². The molecule has 0 radical (unpaired) electrons. The predicted octanol–water partition coefficient (Wildman–Crippen LogP) is 3.93. The van der Waals surface area contributed by atoms with Gasteiger partial charge in [0.15, 0.2) is 0 Å². The Labute approximate surface area is 162 Å². The van der Waals surface area contributed by atoms with Gasteiger partial charge >= 0.3 is 0 Å². The summed E-state index contributed by atoms with van der Waals surface area (Å²) in [5, 5.41) is 3.08. The summed E-state index contributed by atoms with van der Waals surface area (Å²) >= 11 is 3.54. The monoisotopic (exact) mass is 424 g/mol. The Kier molecular flexibility index (Phi) is 6.87. The summed E-state index contributed by atoms with van der Waals surface area (Å²) in [4.78, 5) is 12.5. The number of carbonyl (C=O) groups is 1. The molecular formula is C19H22BrClN2O2. The van der Waals surface area contributed by atoms with Crippen LogP contribution in [0.4, 0.5) is 5.69 Å². The third-order valence-electron chi connectivity index (χ3n) is 4.68. The largest absolute Gasteiger partial charge is 0.398 e. The first-order valence-corrected chi connectivity index (χ1v) is 8.87. The number of para-hydroxylation sites is 1. The Morgan fingerprint density at radius 1 is 1.16 bits per heavy atom. The molecule has 1 aliphatic rings. The number of nitrogens with two attached hydrogens (primary N) is 1. The van der Waals surface area contributed by atoms with Gasteiger partial charge in [-0.15, -0.1) is 12.4 Å². The number of hydrogen-bond donors (Lipinski definition) is 2. The number of amides is 1. The molecule has 2 aromatic rings. The number of halogens is 2. The number of benzene rings is 2. The highest BCUT2D eigenvalue weighted by Crippen LogP contribution is 2.35. The summed E-state index contributed by atoms with van der Waals surface area (Å²) in [6.45, 7) is 1.98. The van der Waals surface area contributed by atoms with E-state index in [9.17, 15) is 4.79 Å². The van der Waals surface area contributed by atoms with Gasteiger partial charge in [0, 0.05) is 35.3 Å². The maximum atomic E-state index is 12.5. The molecule has 1 fully saturated rings. The molecule has 6 heteroatoms. The topological polar surface area (TPSA) is 64.4 Å². The molecular weight excluding hydrogens is 404 g/mol. The quantitative estimate of drug-likeness (QED) is 0.730. The van der Waals surface area contributed by atoms with Crippen LogP contribution >= 0.6 is 28.3 Å². The molecule has 0 unspecified atom stereocenters. The molecule has 0 saturated carbocycles. The molecule has 1 amide bonds. The Hall–Kier alpha value is -1.56. The molecule has 2 aromatic carbocycles. The van der Waals surface area contributed by atoms with Crippen molar-refractivity contribution in [2.45, 2.75) is 18.3 Å². The average molecular weight is 426 g/mol. The van der Waals surface area contributed by atoms with Crippen molar-refractivity contribution in [2.24, 2.45) is 0 Å². The van der Waals surface area contributed by atoms with Crippen LogP contribution in [0.15, 0.2) is 53.0 Å². The van der Waals surface area contributed by atoms with Crippen LogP contribution in [0, 0.1) is 0 Å². The van der Waals surface area contributed by atoms with Gasteiger partial charge in [0.2, 0.25) is 0 Å². The van der Waals surface area contributed by atoms with E-state index in [1.165, 1.54) is 5.56 Å². The van der Waals surface area contributed by atoms with Crippen molar-refractivity contribution in [3.05, 3.63) is 64.1 Å². The lowest BCUT2D eigenvalue weighted by Crippen LogP contribution is -2.44. The minimum atomic E-state index is -0.131. The Morgan fingerprint density at radius 2 is 1.88 bits per heavy atom. The van der Waals surface area contributed by atoms with Crippen LogP contribution in [-0.2, 0) is 10.2 Å². The zero-order chi connectivity index (χ0) is 17.0. The molecule has 1 heterocycles. The first-order chi connectivity index (χ1) is 11.6. The molecule has 0 bridgehead atoms. The smallest absolute Gasteiger partial charge is 0.253 e. The zero-order valence-electron chi connectivity index (χ0n) is 13.8. The van der Waals surface area contributed by atoms with Crippen LogP contribution < -0.4 is 11.1 Å². The van der Waals surface area contributed by atoms with Gasteiger partial charge in [-0.1, -0.05) is 40.2 Å². The van der Waals surface area contributed by atoms with Gasteiger partial charge in [-0.25, -0.2) is 0 Å². The molecule has 134 valence electrons. The Morgan fingerprint density at radius 3 is 2.56 bits per heavy atom. The molecule has 0 aromatic heterocycles. The van der Waals surface area contributed by atoms with Crippen LogP contribution in [0.25, 0.3) is 0 Å². The zero-order valence-corrected chi connectivity index (χ0v) is 16.2. The number of nitrogens with one attached hydrogen (secondary N) is 1. The highest BCUT2D eigenvalue weighted by molar-refractivity contribution is 9.10. The molecule has 0 aliphatic carbocycles. The minimum absolute atomic E-state index is 0. The maximum absolute atomic E-state index is 12.5. The van der Waals surface area contributed by atoms with E-state index in [0.29, 0.717) is 31.0 Å². The van der Waals surface area contributed by atoms with E-state index in [1.54, 1.807) is 12.1 Å². The number of carbonyl (C=O) groups excluding carboxylic acids is 1. The van der Waals surface area contributed by atoms with Crippen molar-refractivity contribution < 1.29 is 9.53 Å². The van der Waals surface area contributed by atoms with Gasteiger partial charge in [-0.2, -0.15) is 0 Å². The number of anilines is 1. The third-order valence-corrected chi connectivity index (χ3v) is 5.17. The lowest BCUT2D eigenvalue weighted by Gasteiger charge is -2.38. The summed E-state index contributed by atoms with van der Waals surface area (Å²) in [5.41, 5.74) is 8.04. The average Bonchev–Trinajstić information content (AvgIpc) is 2.61. The third kappa shape index (κ3) is 4.54. The standard InChI is InChI=1S/C19H21BrN2O2.ClH/c20-15-5-3-4-14(12-15)19(8-10-24-11-9-19)13-22-18(23)16-6-1-2-7-17(16)21;/h1-7,12H,8-11,13,21H2,(H,22,23);1H. The van der Waals surface area contributed by atoms with Crippen LogP contribution in [0.3, 0.4) is 0 Å². The molecule has 1 saturated heterocycles. The fraction of sp³-hybridized carbons (Fsp3) is 0.316. The predicted molar refractivity (Wildman–Crippen MR) is 106 cm³/mol. The number of ether oxygens (including phenoxy) is 1. The van der Waals surface area contributed by atoms with Gasteiger partial charge in [-0.3, -0.25) is 4.79 Å². The summed E-state index contributed by atoms with van der Waals surface area (Å²) in [6, 6.07) is 15.5. The van der Waals surface area contributed by atoms with Crippen molar-refractivity contribution in [1.82, 2.24) is 5.32 Å². The summed E-state index contributed by atoms with van der Waals surface area (Å²) < 4.78 is 6.59. The summed E-state index contributed by atoms with van der Waals surface area (Å²) in [7, 11) is 0. The van der Waals surface area contributed by atoms with Gasteiger partial charge < -0.3 is 15.8 Å². The molecule has 0 atom stereocenters. The lowest BCUT2D eigenvalue weighted by atomic mass is 9.74. The van der Waals surface area contributed by atoms with Gasteiger partial charge in [0.1, 0.15) is 0 Å². The number of hydrogen-bond acceptors (Lipinski definition) is 3. The van der Waals surface area contributed by atoms with E-state index >= 15 is 0 Å². The van der Waals surface area contributed by atoms with Gasteiger partial charge in [-0.05, 0) is 42.7 Å². The van der Waals surface area contributed by atoms with E-state index in [2.05, 4.69) is 33.4 Å². The van der Waals surface area contributed by atoms with Crippen LogP contribution in [0.2, 0.25) is 0 Å². The second-order valence-corrected chi connectivity index (χ2v) is 7.09. The lowest BCUT2D eigenvalue weighted by molar-refractivity contribution is 0.0487. The summed E-state index contributed by atoms with van der Waals surface area (Å²) in [5.74, 6) is -0.131. The highest BCUT2D eigenvalue weighted by atomic mass is 79.9. The first kappa shape index (κ1) is 19.8. The van der Waals surface area contributed by atoms with Crippen LogP contribution in [0.5, 0.6) is 0 Å². The van der Waals surface area contributed by atoms with E-state index in [4.69, 9.17) is 10.5 Å². The molecule has 3 rings (SSSR count). The van der Waals surface area contributed by atoms with E-state index in [1.807, 2.05) is 24.3 Å². The summed E-state index contributed by atoms with van der Waals surface area (Å²) in [6.07, 6.45) is 1.77. The molecule has 4 nitrogen and oxygen atoms in total. The first-order valence-electron chi connectivity index (χ1n) is 8.07. The fourth-order valence-electron chi connectivity index (χ4n) is 3.20. The molecule has 0 spiro atoms. The minimum Gasteiger partial charge on any atom is -0.398 e. The fourth-order valence-corrected chi connectivity index (χ4v) is 3.60. The van der Waals surface area contributed by atoms with E-state index < -0.39 is 0 Å².